The average Bonchev–Trinajstić information content (AvgIpc) is 3.36. The molecule has 1 aliphatic carbocycles. The van der Waals surface area contributed by atoms with Gasteiger partial charge in [0, 0.05) is 40.9 Å². The van der Waals surface area contributed by atoms with E-state index in [2.05, 4.69) is 10.3 Å². The highest BCUT2D eigenvalue weighted by molar-refractivity contribution is 7.13. The minimum Gasteiger partial charge on any atom is -0.384 e. The van der Waals surface area contributed by atoms with E-state index in [0.717, 1.165) is 12.1 Å². The van der Waals surface area contributed by atoms with E-state index >= 15 is 0 Å². The quantitative estimate of drug-likeness (QED) is 0.478. The third-order valence-electron chi connectivity index (χ3n) is 6.25. The van der Waals surface area contributed by atoms with Crippen LogP contribution in [0.15, 0.2) is 88.8 Å². The van der Waals surface area contributed by atoms with E-state index in [-0.39, 0.29) is 29.3 Å². The van der Waals surface area contributed by atoms with Crippen LogP contribution >= 0.6 is 11.3 Å². The van der Waals surface area contributed by atoms with Crippen molar-refractivity contribution in [2.24, 2.45) is 5.73 Å². The Hall–Kier alpha value is -3.92. The first-order valence-electron chi connectivity index (χ1n) is 11.2. The largest absolute Gasteiger partial charge is 0.416 e. The number of thiazole rings is 1. The van der Waals surface area contributed by atoms with Gasteiger partial charge in [-0.15, -0.1) is 11.3 Å². The van der Waals surface area contributed by atoms with Crippen LogP contribution < -0.4 is 16.0 Å². The zero-order valence-electron chi connectivity index (χ0n) is 18.9. The molecule has 2 heterocycles. The number of Topliss-reactive ketones (excluding diaryl/α,β-unsaturated/α-hetero) is 1. The molecule has 0 saturated carbocycles. The number of rotatable bonds is 4. The van der Waals surface area contributed by atoms with Crippen LogP contribution in [-0.2, 0) is 15.8 Å². The fourth-order valence-electron chi connectivity index (χ4n) is 4.76. The first-order valence-corrected chi connectivity index (χ1v) is 12.1. The van der Waals surface area contributed by atoms with Gasteiger partial charge in [-0.25, -0.2) is 4.98 Å². The van der Waals surface area contributed by atoms with Gasteiger partial charge in [0.2, 0.25) is 0 Å². The average molecular weight is 511 g/mol. The number of nitrogens with zero attached hydrogens (tertiary/aromatic N) is 2. The van der Waals surface area contributed by atoms with Crippen molar-refractivity contribution in [1.29, 1.82) is 0 Å². The minimum atomic E-state index is -4.57. The Balaban J connectivity index is 1.73. The number of aromatic nitrogens is 1. The van der Waals surface area contributed by atoms with Crippen LogP contribution in [0.4, 0.5) is 24.0 Å². The number of ketones is 1. The first-order chi connectivity index (χ1) is 17.3. The molecule has 1 amide bonds. The molecule has 1 aromatic heterocycles. The predicted molar refractivity (Wildman–Crippen MR) is 131 cm³/mol. The topological polar surface area (TPSA) is 88.3 Å². The lowest BCUT2D eigenvalue weighted by Crippen LogP contribution is -2.41. The maximum Gasteiger partial charge on any atom is 0.416 e. The SMILES string of the molecule is NC1=C(C(=O)Nc2nccs2)[C@@H](c2ccccc2)C2=C(CCCC2=O)N1c1cccc(C(F)(F)F)c1. The molecular formula is C26H21F3N4O2S. The van der Waals surface area contributed by atoms with Crippen molar-refractivity contribution in [2.45, 2.75) is 31.4 Å². The Morgan fingerprint density at radius 2 is 1.89 bits per heavy atom. The van der Waals surface area contributed by atoms with E-state index in [1.165, 1.54) is 34.6 Å². The van der Waals surface area contributed by atoms with E-state index in [9.17, 15) is 22.8 Å². The highest BCUT2D eigenvalue weighted by atomic mass is 32.1. The van der Waals surface area contributed by atoms with Gasteiger partial charge in [0.25, 0.3) is 5.91 Å². The Labute approximate surface area is 208 Å². The van der Waals surface area contributed by atoms with E-state index < -0.39 is 23.6 Å². The van der Waals surface area contributed by atoms with Gasteiger partial charge in [0.1, 0.15) is 5.82 Å². The summed E-state index contributed by atoms with van der Waals surface area (Å²) in [4.78, 5) is 32.5. The number of hydrogen-bond acceptors (Lipinski definition) is 6. The molecule has 0 radical (unpaired) electrons. The summed E-state index contributed by atoms with van der Waals surface area (Å²) in [6, 6.07) is 13.8. The highest BCUT2D eigenvalue weighted by Crippen LogP contribution is 2.47. The van der Waals surface area contributed by atoms with Gasteiger partial charge in [-0.05, 0) is 36.6 Å². The lowest BCUT2D eigenvalue weighted by atomic mass is 9.75. The van der Waals surface area contributed by atoms with Gasteiger partial charge in [0.15, 0.2) is 10.9 Å². The molecule has 0 spiro atoms. The molecule has 1 aliphatic heterocycles. The molecule has 0 unspecified atom stereocenters. The molecule has 5 rings (SSSR count). The third kappa shape index (κ3) is 4.28. The maximum atomic E-state index is 13.6. The maximum absolute atomic E-state index is 13.6. The molecule has 0 saturated heterocycles. The number of alkyl halides is 3. The molecule has 36 heavy (non-hydrogen) atoms. The summed E-state index contributed by atoms with van der Waals surface area (Å²) in [6.07, 6.45) is -1.79. The molecular weight excluding hydrogens is 489 g/mol. The number of carbonyl (C=O) groups is 2. The van der Waals surface area contributed by atoms with Crippen molar-refractivity contribution >= 4 is 33.8 Å². The number of halogens is 3. The number of amides is 1. The van der Waals surface area contributed by atoms with Crippen molar-refractivity contribution < 1.29 is 22.8 Å². The van der Waals surface area contributed by atoms with E-state index in [0.29, 0.717) is 34.8 Å². The first kappa shape index (κ1) is 23.8. The lowest BCUT2D eigenvalue weighted by Gasteiger charge is -2.41. The smallest absolute Gasteiger partial charge is 0.384 e. The Morgan fingerprint density at radius 1 is 1.11 bits per heavy atom. The zero-order chi connectivity index (χ0) is 25.4. The normalized spacial score (nSPS) is 18.4. The van der Waals surface area contributed by atoms with Crippen LogP contribution in [0.1, 0.15) is 36.3 Å². The van der Waals surface area contributed by atoms with Gasteiger partial charge in [0.05, 0.1) is 11.1 Å². The van der Waals surface area contributed by atoms with Crippen LogP contribution in [-0.4, -0.2) is 16.7 Å². The van der Waals surface area contributed by atoms with E-state index in [1.54, 1.807) is 29.6 Å². The summed E-state index contributed by atoms with van der Waals surface area (Å²) >= 11 is 1.21. The van der Waals surface area contributed by atoms with Gasteiger partial charge < -0.3 is 5.73 Å². The molecule has 2 aliphatic rings. The second kappa shape index (κ2) is 9.27. The molecule has 0 fully saturated rings. The molecule has 6 nitrogen and oxygen atoms in total. The highest BCUT2D eigenvalue weighted by Gasteiger charge is 2.43. The molecule has 1 atom stereocenters. The Morgan fingerprint density at radius 3 is 2.58 bits per heavy atom. The molecule has 3 aromatic rings. The standard InChI is InChI=1S/C26H21F3N4O2S/c27-26(28,29)16-8-4-9-17(14-16)33-18-10-5-11-19(34)21(18)20(15-6-2-1-3-7-15)22(23(33)30)24(35)32-25-31-12-13-36-25/h1-4,6-9,12-14,20H,5,10-11,30H2,(H,31,32,35)/t20-/m0/s1. The molecule has 3 N–H and O–H groups in total. The number of carbonyl (C=O) groups excluding carboxylic acids is 2. The van der Waals surface area contributed by atoms with Crippen LogP contribution in [0.5, 0.6) is 0 Å². The third-order valence-corrected chi connectivity index (χ3v) is 6.94. The summed E-state index contributed by atoms with van der Waals surface area (Å²) in [6.45, 7) is 0. The van der Waals surface area contributed by atoms with Crippen LogP contribution in [0.3, 0.4) is 0 Å². The summed E-state index contributed by atoms with van der Waals surface area (Å²) in [5, 5.41) is 4.77. The fraction of sp³-hybridized carbons (Fsp3) is 0.192. The Bertz CT molecular complexity index is 1380. The lowest BCUT2D eigenvalue weighted by molar-refractivity contribution is -0.137. The van der Waals surface area contributed by atoms with E-state index in [4.69, 9.17) is 5.73 Å². The zero-order valence-corrected chi connectivity index (χ0v) is 19.7. The second-order valence-electron chi connectivity index (χ2n) is 8.45. The van der Waals surface area contributed by atoms with E-state index in [1.807, 2.05) is 6.07 Å². The molecule has 0 bridgehead atoms. The predicted octanol–water partition coefficient (Wildman–Crippen LogP) is 5.58. The van der Waals surface area contributed by atoms with Crippen LogP contribution in [0.2, 0.25) is 0 Å². The number of nitrogens with one attached hydrogen (secondary N) is 1. The van der Waals surface area contributed by atoms with Crippen molar-refractivity contribution in [2.75, 3.05) is 10.2 Å². The number of allylic oxidation sites excluding steroid dienone is 2. The molecule has 2 aromatic carbocycles. The van der Waals surface area contributed by atoms with Gasteiger partial charge >= 0.3 is 6.18 Å². The van der Waals surface area contributed by atoms with Crippen molar-refractivity contribution in [1.82, 2.24) is 4.98 Å². The molecule has 10 heteroatoms. The monoisotopic (exact) mass is 510 g/mol. The summed E-state index contributed by atoms with van der Waals surface area (Å²) in [5.41, 5.74) is 7.58. The van der Waals surface area contributed by atoms with Crippen molar-refractivity contribution in [3.63, 3.8) is 0 Å². The van der Waals surface area contributed by atoms with Gasteiger partial charge in [-0.1, -0.05) is 36.4 Å². The number of benzene rings is 2. The van der Waals surface area contributed by atoms with Gasteiger partial charge in [-0.3, -0.25) is 19.8 Å². The number of anilines is 2. The van der Waals surface area contributed by atoms with Crippen LogP contribution in [0, 0.1) is 0 Å². The van der Waals surface area contributed by atoms with Crippen LogP contribution in [0.25, 0.3) is 0 Å². The van der Waals surface area contributed by atoms with Crippen molar-refractivity contribution in [3.8, 4) is 0 Å². The summed E-state index contributed by atoms with van der Waals surface area (Å²) < 4.78 is 40.6. The van der Waals surface area contributed by atoms with Gasteiger partial charge in [-0.2, -0.15) is 13.2 Å². The summed E-state index contributed by atoms with van der Waals surface area (Å²) in [7, 11) is 0. The number of hydrogen-bond donors (Lipinski definition) is 2. The minimum absolute atomic E-state index is 0.0225. The van der Waals surface area contributed by atoms with Crippen molar-refractivity contribution in [3.05, 3.63) is 100.0 Å². The fourth-order valence-corrected chi connectivity index (χ4v) is 5.28. The molecule has 184 valence electrons. The number of nitrogens with two attached hydrogens (primary N) is 1. The second-order valence-corrected chi connectivity index (χ2v) is 9.35. The Kier molecular flexibility index (Phi) is 6.13. The summed E-state index contributed by atoms with van der Waals surface area (Å²) in [5.74, 6) is -1.52.